The minimum absolute atomic E-state index is 0.0584. The molecule has 2 aliphatic heterocycles. The van der Waals surface area contributed by atoms with Crippen LogP contribution in [0.2, 0.25) is 0 Å². The third-order valence-corrected chi connectivity index (χ3v) is 6.78. The van der Waals surface area contributed by atoms with Crippen molar-refractivity contribution >= 4 is 22.8 Å². The van der Waals surface area contributed by atoms with E-state index >= 15 is 0 Å². The zero-order chi connectivity index (χ0) is 21.5. The highest BCUT2D eigenvalue weighted by Gasteiger charge is 2.31. The van der Waals surface area contributed by atoms with Gasteiger partial charge >= 0.3 is 0 Å². The summed E-state index contributed by atoms with van der Waals surface area (Å²) < 4.78 is 1.92. The first kappa shape index (κ1) is 20.4. The number of rotatable bonds is 5. The third-order valence-electron chi connectivity index (χ3n) is 6.78. The Hall–Kier alpha value is -2.48. The lowest BCUT2D eigenvalue weighted by molar-refractivity contribution is -0.131. The Morgan fingerprint density at radius 1 is 1.03 bits per heavy atom. The predicted octanol–water partition coefficient (Wildman–Crippen LogP) is 2.27. The third kappa shape index (κ3) is 4.05. The minimum atomic E-state index is 0.0584. The number of carbonyl (C=O) groups is 2. The first-order chi connectivity index (χ1) is 15.0. The number of hydrogen-bond acceptors (Lipinski definition) is 5. The molecular formula is C23H32N6O2. The van der Waals surface area contributed by atoms with Crippen molar-refractivity contribution in [1.82, 2.24) is 29.5 Å². The first-order valence-electron chi connectivity index (χ1n) is 11.7. The fourth-order valence-corrected chi connectivity index (χ4v) is 4.72. The van der Waals surface area contributed by atoms with E-state index in [-0.39, 0.29) is 17.9 Å². The molecule has 0 spiro atoms. The molecule has 2 saturated heterocycles. The molecule has 0 unspecified atom stereocenters. The number of likely N-dealkylation sites (tertiary alicyclic amines) is 1. The van der Waals surface area contributed by atoms with Crippen molar-refractivity contribution < 1.29 is 9.59 Å². The van der Waals surface area contributed by atoms with Gasteiger partial charge in [-0.2, -0.15) is 5.10 Å². The number of hydrogen-bond donors (Lipinski definition) is 0. The molecule has 166 valence electrons. The summed E-state index contributed by atoms with van der Waals surface area (Å²) in [5.74, 6) is 0.756. The van der Waals surface area contributed by atoms with Crippen molar-refractivity contribution in [3.63, 3.8) is 0 Å². The largest absolute Gasteiger partial charge is 0.342 e. The van der Waals surface area contributed by atoms with Gasteiger partial charge in [0.15, 0.2) is 5.65 Å². The average Bonchev–Trinajstić information content (AvgIpc) is 3.29. The number of nitrogens with zero attached hydrogens (tertiary/aromatic N) is 6. The second-order valence-corrected chi connectivity index (χ2v) is 9.45. The summed E-state index contributed by atoms with van der Waals surface area (Å²) in [6.07, 6.45) is 6.31. The Balaban J connectivity index is 1.31. The molecule has 0 N–H and O–H groups in total. The highest BCUT2D eigenvalue weighted by molar-refractivity contribution is 6.05. The summed E-state index contributed by atoms with van der Waals surface area (Å²) in [5, 5.41) is 5.36. The Bertz CT molecular complexity index is 981. The summed E-state index contributed by atoms with van der Waals surface area (Å²) in [7, 11) is 0. The first-order valence-corrected chi connectivity index (χ1v) is 11.7. The van der Waals surface area contributed by atoms with E-state index in [9.17, 15) is 9.59 Å². The highest BCUT2D eigenvalue weighted by Crippen LogP contribution is 2.40. The maximum Gasteiger partial charge on any atom is 0.254 e. The van der Waals surface area contributed by atoms with E-state index in [0.29, 0.717) is 25.6 Å². The Morgan fingerprint density at radius 2 is 1.74 bits per heavy atom. The molecule has 0 radical (unpaired) electrons. The summed E-state index contributed by atoms with van der Waals surface area (Å²) in [6.45, 7) is 9.19. The van der Waals surface area contributed by atoms with E-state index in [4.69, 9.17) is 4.98 Å². The molecule has 5 rings (SSSR count). The van der Waals surface area contributed by atoms with Crippen LogP contribution >= 0.6 is 0 Å². The van der Waals surface area contributed by atoms with Gasteiger partial charge in [0.1, 0.15) is 0 Å². The van der Waals surface area contributed by atoms with Gasteiger partial charge < -0.3 is 9.80 Å². The molecule has 2 amide bonds. The standard InChI is InChI=1S/C23H32N6O2/c1-16(2)29-22-19(14-24-29)18(13-20(25-22)17-5-6-17)23(31)28-11-9-26(10-12-28)15-21(30)27-7-3-4-8-27/h13-14,16-17H,3-12,15H2,1-2H3. The van der Waals surface area contributed by atoms with Crippen molar-refractivity contribution in [3.8, 4) is 0 Å². The Labute approximate surface area is 183 Å². The highest BCUT2D eigenvalue weighted by atomic mass is 16.2. The van der Waals surface area contributed by atoms with Crippen LogP contribution in [0.1, 0.15) is 67.5 Å². The van der Waals surface area contributed by atoms with Gasteiger partial charge in [0.25, 0.3) is 5.91 Å². The maximum atomic E-state index is 13.5. The van der Waals surface area contributed by atoms with Gasteiger partial charge in [-0.1, -0.05) is 0 Å². The van der Waals surface area contributed by atoms with Crippen molar-refractivity contribution in [1.29, 1.82) is 0 Å². The Kier molecular flexibility index (Phi) is 5.42. The van der Waals surface area contributed by atoms with Gasteiger partial charge in [0, 0.05) is 56.9 Å². The number of aromatic nitrogens is 3. The van der Waals surface area contributed by atoms with Crippen LogP contribution in [0.25, 0.3) is 11.0 Å². The average molecular weight is 425 g/mol. The van der Waals surface area contributed by atoms with E-state index in [1.807, 2.05) is 20.5 Å². The number of amides is 2. The van der Waals surface area contributed by atoms with Crippen molar-refractivity contribution in [3.05, 3.63) is 23.5 Å². The SMILES string of the molecule is CC(C)n1ncc2c(C(=O)N3CCN(CC(=O)N4CCCC4)CC3)cc(C3CC3)nc21. The van der Waals surface area contributed by atoms with E-state index in [1.165, 1.54) is 0 Å². The van der Waals surface area contributed by atoms with Crippen LogP contribution in [0.15, 0.2) is 12.3 Å². The van der Waals surface area contributed by atoms with Crippen LogP contribution in [0, 0.1) is 0 Å². The number of pyridine rings is 1. The fourth-order valence-electron chi connectivity index (χ4n) is 4.72. The van der Waals surface area contributed by atoms with Crippen LogP contribution in [0.5, 0.6) is 0 Å². The molecule has 8 heteroatoms. The zero-order valence-corrected chi connectivity index (χ0v) is 18.6. The molecule has 1 saturated carbocycles. The van der Waals surface area contributed by atoms with E-state index in [0.717, 1.165) is 74.2 Å². The molecular weight excluding hydrogens is 392 g/mol. The van der Waals surface area contributed by atoms with Crippen LogP contribution in [-0.4, -0.2) is 87.1 Å². The normalized spacial score (nSPS) is 20.2. The lowest BCUT2D eigenvalue weighted by Gasteiger charge is -2.35. The molecule has 2 aromatic heterocycles. The van der Waals surface area contributed by atoms with Gasteiger partial charge in [0.05, 0.1) is 23.7 Å². The molecule has 2 aromatic rings. The molecule has 31 heavy (non-hydrogen) atoms. The number of piperazine rings is 1. The van der Waals surface area contributed by atoms with Gasteiger partial charge in [-0.15, -0.1) is 0 Å². The molecule has 3 aliphatic rings. The zero-order valence-electron chi connectivity index (χ0n) is 18.6. The molecule has 3 fully saturated rings. The summed E-state index contributed by atoms with van der Waals surface area (Å²) in [4.78, 5) is 36.9. The topological polar surface area (TPSA) is 74.6 Å². The monoisotopic (exact) mass is 424 g/mol. The lowest BCUT2D eigenvalue weighted by atomic mass is 10.1. The van der Waals surface area contributed by atoms with Crippen LogP contribution < -0.4 is 0 Å². The van der Waals surface area contributed by atoms with Gasteiger partial charge in [-0.25, -0.2) is 9.67 Å². The summed E-state index contributed by atoms with van der Waals surface area (Å²) in [5.41, 5.74) is 2.56. The van der Waals surface area contributed by atoms with Gasteiger partial charge in [-0.05, 0) is 45.6 Å². The second kappa shape index (κ2) is 8.22. The maximum absolute atomic E-state index is 13.5. The van der Waals surface area contributed by atoms with Crippen LogP contribution in [0.3, 0.4) is 0 Å². The quantitative estimate of drug-likeness (QED) is 0.736. The lowest BCUT2D eigenvalue weighted by Crippen LogP contribution is -2.51. The molecule has 0 aromatic carbocycles. The van der Waals surface area contributed by atoms with Crippen LogP contribution in [-0.2, 0) is 4.79 Å². The minimum Gasteiger partial charge on any atom is -0.342 e. The van der Waals surface area contributed by atoms with Gasteiger partial charge in [-0.3, -0.25) is 14.5 Å². The second-order valence-electron chi connectivity index (χ2n) is 9.45. The summed E-state index contributed by atoms with van der Waals surface area (Å²) >= 11 is 0. The van der Waals surface area contributed by atoms with Crippen molar-refractivity contribution in [2.45, 2.75) is 51.5 Å². The molecule has 1 aliphatic carbocycles. The van der Waals surface area contributed by atoms with E-state index in [2.05, 4.69) is 23.8 Å². The predicted molar refractivity (Wildman–Crippen MR) is 118 cm³/mol. The van der Waals surface area contributed by atoms with Crippen molar-refractivity contribution in [2.75, 3.05) is 45.8 Å². The Morgan fingerprint density at radius 3 is 2.39 bits per heavy atom. The molecule has 8 nitrogen and oxygen atoms in total. The number of fused-ring (bicyclic) bond motifs is 1. The summed E-state index contributed by atoms with van der Waals surface area (Å²) in [6, 6.07) is 2.19. The van der Waals surface area contributed by atoms with E-state index in [1.54, 1.807) is 6.20 Å². The smallest absolute Gasteiger partial charge is 0.254 e. The van der Waals surface area contributed by atoms with Crippen molar-refractivity contribution in [2.24, 2.45) is 0 Å². The molecule has 0 bridgehead atoms. The van der Waals surface area contributed by atoms with Gasteiger partial charge in [0.2, 0.25) is 5.91 Å². The molecule has 4 heterocycles. The number of carbonyl (C=O) groups excluding carboxylic acids is 2. The van der Waals surface area contributed by atoms with E-state index < -0.39 is 0 Å². The fraction of sp³-hybridized carbons (Fsp3) is 0.652. The van der Waals surface area contributed by atoms with Crippen LogP contribution in [0.4, 0.5) is 0 Å². The molecule has 0 atom stereocenters.